The van der Waals surface area contributed by atoms with Crippen LogP contribution < -0.4 is 48.7 Å². The highest BCUT2D eigenvalue weighted by Crippen LogP contribution is 2.30. The number of methoxy groups -OCH3 is 2. The van der Waals surface area contributed by atoms with Crippen LogP contribution in [0.4, 0.5) is 10.5 Å². The van der Waals surface area contributed by atoms with Crippen molar-refractivity contribution in [3.63, 3.8) is 0 Å². The molecule has 0 aliphatic carbocycles. The number of nitrogens with one attached hydrogen (secondary N) is 7. The third-order valence-electron chi connectivity index (χ3n) is 16.8. The summed E-state index contributed by atoms with van der Waals surface area (Å²) in [6.45, 7) is 18.4. The number of carbonyl (C=O) groups excluding carboxylic acids is 9. The number of ether oxygens (including phenoxy) is 2. The van der Waals surface area contributed by atoms with E-state index in [0.717, 1.165) is 24.0 Å². The monoisotopic (exact) mass is 1230 g/mol. The predicted octanol–water partition coefficient (Wildman–Crippen LogP) is 4.25. The Hall–Kier alpha value is -6.69. The van der Waals surface area contributed by atoms with Gasteiger partial charge in [-0.25, -0.2) is 4.79 Å². The molecule has 0 aromatic heterocycles. The van der Waals surface area contributed by atoms with Crippen LogP contribution in [0.3, 0.4) is 0 Å². The van der Waals surface area contributed by atoms with Crippen LogP contribution in [0, 0.1) is 29.6 Å². The highest BCUT2D eigenvalue weighted by atomic mass is 16.5. The first kappa shape index (κ1) is 75.6. The van der Waals surface area contributed by atoms with Crippen LogP contribution in [-0.4, -0.2) is 184 Å². The first-order chi connectivity index (χ1) is 41.7. The Morgan fingerprint density at radius 2 is 1.32 bits per heavy atom. The lowest BCUT2D eigenvalue weighted by Crippen LogP contribution is -2.59. The molecule has 2 aromatic carbocycles. The summed E-state index contributed by atoms with van der Waals surface area (Å²) in [6.07, 6.45) is 3.97. The van der Waals surface area contributed by atoms with E-state index in [1.165, 1.54) is 14.2 Å². The molecule has 494 valence electrons. The summed E-state index contributed by atoms with van der Waals surface area (Å²) >= 11 is 0. The number of nitrogens with two attached hydrogens (primary N) is 2. The van der Waals surface area contributed by atoms with Gasteiger partial charge in [0.05, 0.1) is 42.7 Å². The largest absolute Gasteiger partial charge is 0.379 e. The Morgan fingerprint density at radius 3 is 1.89 bits per heavy atom. The third kappa shape index (κ3) is 24.0. The molecule has 1 heterocycles. The number of hydrogen-bond acceptors (Lipinski definition) is 13. The SMILES string of the molecule is CCC(C)C(C(CC(=O)N1CCCC1C(OC)C(C)C(=O)N[C@@H](Cc1ccccc1)C(=O)NCCc1ccc(NC(=O)C(CCCNC(N)=O)NC(=O)[C@H](NC(=O)CCCCCN)C(C)C)cc1)OC)N(C)C(=O)[C@@H](NC(=O)C(C(C)C)N(C)C)C(C)C. The van der Waals surface area contributed by atoms with Gasteiger partial charge in [0.2, 0.25) is 47.3 Å². The number of likely N-dealkylation sites (tertiary alicyclic amines) is 1. The van der Waals surface area contributed by atoms with Crippen molar-refractivity contribution in [2.75, 3.05) is 66.9 Å². The Labute approximate surface area is 523 Å². The number of anilines is 1. The van der Waals surface area contributed by atoms with Crippen LogP contribution in [0.2, 0.25) is 0 Å². The maximum atomic E-state index is 14.6. The molecule has 11 atom stereocenters. The highest BCUT2D eigenvalue weighted by Gasteiger charge is 2.44. The molecule has 23 nitrogen and oxygen atoms in total. The summed E-state index contributed by atoms with van der Waals surface area (Å²) in [5.41, 5.74) is 12.9. The van der Waals surface area contributed by atoms with Gasteiger partial charge in [-0.05, 0) is 113 Å². The number of rotatable bonds is 39. The Kier molecular flexibility index (Phi) is 33.2. The molecular weight excluding hydrogens is 1120 g/mol. The lowest BCUT2D eigenvalue weighted by molar-refractivity contribution is -0.148. The van der Waals surface area contributed by atoms with Crippen LogP contribution in [0.5, 0.6) is 0 Å². The maximum Gasteiger partial charge on any atom is 0.312 e. The number of benzene rings is 2. The third-order valence-corrected chi connectivity index (χ3v) is 16.8. The van der Waals surface area contributed by atoms with Crippen molar-refractivity contribution in [1.82, 2.24) is 46.6 Å². The van der Waals surface area contributed by atoms with E-state index in [9.17, 15) is 43.2 Å². The van der Waals surface area contributed by atoms with Crippen molar-refractivity contribution in [2.45, 2.75) is 194 Å². The molecule has 8 unspecified atom stereocenters. The van der Waals surface area contributed by atoms with E-state index in [1.54, 1.807) is 61.9 Å². The average Bonchev–Trinajstić information content (AvgIpc) is 2.47. The topological polar surface area (TPSA) is 318 Å². The van der Waals surface area contributed by atoms with Crippen molar-refractivity contribution in [1.29, 1.82) is 0 Å². The predicted molar refractivity (Wildman–Crippen MR) is 342 cm³/mol. The smallest absolute Gasteiger partial charge is 0.312 e. The Bertz CT molecular complexity index is 2510. The summed E-state index contributed by atoms with van der Waals surface area (Å²) in [7, 11) is 8.44. The molecule has 0 saturated carbocycles. The minimum absolute atomic E-state index is 0.00376. The summed E-state index contributed by atoms with van der Waals surface area (Å²) in [5, 5.41) is 20.0. The average molecular weight is 1230 g/mol. The number of urea groups is 1. The molecule has 1 fully saturated rings. The van der Waals surface area contributed by atoms with Gasteiger partial charge in [0.15, 0.2) is 0 Å². The van der Waals surface area contributed by atoms with E-state index < -0.39 is 90.1 Å². The van der Waals surface area contributed by atoms with Crippen LogP contribution in [0.15, 0.2) is 54.6 Å². The quantitative estimate of drug-likeness (QED) is 0.0424. The maximum absolute atomic E-state index is 14.6. The van der Waals surface area contributed by atoms with E-state index >= 15 is 0 Å². The summed E-state index contributed by atoms with van der Waals surface area (Å²) in [6, 6.07) is 10.5. The number of carbonyl (C=O) groups is 9. The van der Waals surface area contributed by atoms with Crippen molar-refractivity contribution >= 4 is 59.0 Å². The van der Waals surface area contributed by atoms with Gasteiger partial charge >= 0.3 is 6.03 Å². The second-order valence-corrected chi connectivity index (χ2v) is 24.8. The number of primary amides is 1. The molecular formula is C65H108N12O11. The van der Waals surface area contributed by atoms with E-state index in [0.29, 0.717) is 57.3 Å². The van der Waals surface area contributed by atoms with Gasteiger partial charge in [-0.2, -0.15) is 0 Å². The Balaban J connectivity index is 1.74. The Morgan fingerprint density at radius 1 is 0.670 bits per heavy atom. The standard InChI is InChI=1S/C65H108N12O11/c1-15-43(8)57(76(12)64(85)55(41(4)5)74-63(84)56(42(6)7)75(10)11)51(87-13)39-53(79)77-37-23-27-50(77)58(88-14)44(9)59(80)72-49(38-46-24-18-16-19-25-46)60(81)68-36-33-45-29-31-47(32-30-45)70-61(82)48(26-22-35-69-65(67)86)71-62(83)54(40(2)3)73-52(78)28-20-17-21-34-66/h16,18-19,24-25,29-32,40-44,48-51,54-58H,15,17,20-23,26-28,33-39,66H2,1-14H3,(H,68,81)(H,70,82)(H,71,83)(H,72,80)(H,73,78)(H,74,84)(H3,67,69,86)/t43?,44?,48?,49-,50?,51?,54+,55-,56?,57?,58?/m0/s1. The molecule has 2 aromatic rings. The van der Waals surface area contributed by atoms with E-state index in [1.807, 2.05) is 90.9 Å². The van der Waals surface area contributed by atoms with Gasteiger partial charge in [-0.1, -0.05) is 118 Å². The number of hydrogen-bond donors (Lipinski definition) is 9. The lowest BCUT2D eigenvalue weighted by atomic mass is 9.89. The normalized spacial score (nSPS) is 16.7. The van der Waals surface area contributed by atoms with Gasteiger partial charge in [-0.15, -0.1) is 0 Å². The molecule has 10 amide bonds. The van der Waals surface area contributed by atoms with Crippen LogP contribution in [-0.2, 0) is 60.7 Å². The van der Waals surface area contributed by atoms with Crippen molar-refractivity contribution in [3.8, 4) is 0 Å². The number of amides is 10. The minimum atomic E-state index is -1.02. The molecule has 23 heteroatoms. The lowest BCUT2D eigenvalue weighted by Gasteiger charge is -2.41. The molecule has 88 heavy (non-hydrogen) atoms. The molecule has 0 radical (unpaired) electrons. The summed E-state index contributed by atoms with van der Waals surface area (Å²) in [5.74, 6) is -4.23. The zero-order valence-electron chi connectivity index (χ0n) is 55.1. The van der Waals surface area contributed by atoms with E-state index in [2.05, 4.69) is 37.2 Å². The minimum Gasteiger partial charge on any atom is -0.379 e. The highest BCUT2D eigenvalue weighted by molar-refractivity contribution is 5.98. The van der Waals surface area contributed by atoms with Crippen molar-refractivity contribution in [2.24, 2.45) is 41.1 Å². The van der Waals surface area contributed by atoms with Crippen LogP contribution in [0.25, 0.3) is 0 Å². The van der Waals surface area contributed by atoms with Gasteiger partial charge < -0.3 is 68.0 Å². The van der Waals surface area contributed by atoms with Gasteiger partial charge in [-0.3, -0.25) is 43.3 Å². The number of likely N-dealkylation sites (N-methyl/N-ethyl adjacent to an activating group) is 2. The fourth-order valence-corrected chi connectivity index (χ4v) is 11.6. The molecule has 1 aliphatic rings. The zero-order valence-corrected chi connectivity index (χ0v) is 55.1. The molecule has 1 saturated heterocycles. The molecule has 0 spiro atoms. The first-order valence-corrected chi connectivity index (χ1v) is 31.6. The first-order valence-electron chi connectivity index (χ1n) is 31.6. The van der Waals surface area contributed by atoms with Crippen molar-refractivity contribution in [3.05, 3.63) is 65.7 Å². The van der Waals surface area contributed by atoms with Gasteiger partial charge in [0.1, 0.15) is 24.2 Å². The number of unbranched alkanes of at least 4 members (excludes halogenated alkanes) is 2. The fourth-order valence-electron chi connectivity index (χ4n) is 11.6. The molecule has 0 bridgehead atoms. The van der Waals surface area contributed by atoms with E-state index in [4.69, 9.17) is 20.9 Å². The summed E-state index contributed by atoms with van der Waals surface area (Å²) in [4.78, 5) is 128. The molecule has 11 N–H and O–H groups in total. The fraction of sp³-hybridized carbons (Fsp3) is 0.677. The van der Waals surface area contributed by atoms with Crippen LogP contribution >= 0.6 is 0 Å². The molecule has 3 rings (SSSR count). The summed E-state index contributed by atoms with van der Waals surface area (Å²) < 4.78 is 12.2. The number of nitrogens with zero attached hydrogens (tertiary/aromatic N) is 3. The van der Waals surface area contributed by atoms with Gasteiger partial charge in [0.25, 0.3) is 0 Å². The van der Waals surface area contributed by atoms with E-state index in [-0.39, 0.29) is 86.1 Å². The molecule has 1 aliphatic heterocycles. The van der Waals surface area contributed by atoms with Gasteiger partial charge in [0, 0.05) is 59.4 Å². The van der Waals surface area contributed by atoms with Crippen molar-refractivity contribution < 1.29 is 52.6 Å². The second-order valence-electron chi connectivity index (χ2n) is 24.8. The van der Waals surface area contributed by atoms with Crippen LogP contribution in [0.1, 0.15) is 138 Å². The zero-order chi connectivity index (χ0) is 65.8. The second kappa shape index (κ2) is 38.7.